The molecule has 1 saturated carbocycles. The van der Waals surface area contributed by atoms with E-state index in [1.54, 1.807) is 16.8 Å². The van der Waals surface area contributed by atoms with Crippen LogP contribution in [0.25, 0.3) is 16.9 Å². The van der Waals surface area contributed by atoms with Gasteiger partial charge in [-0.1, -0.05) is 5.92 Å². The highest BCUT2D eigenvalue weighted by molar-refractivity contribution is 14.1. The molecule has 0 spiro atoms. The van der Waals surface area contributed by atoms with Gasteiger partial charge in [0.05, 0.1) is 39.9 Å². The highest BCUT2D eigenvalue weighted by Gasteiger charge is 2.35. The third-order valence-corrected chi connectivity index (χ3v) is 5.75. The number of nitriles is 1. The van der Waals surface area contributed by atoms with Gasteiger partial charge in [-0.15, -0.1) is 0 Å². The van der Waals surface area contributed by atoms with Gasteiger partial charge in [-0.3, -0.25) is 4.98 Å². The zero-order valence-corrected chi connectivity index (χ0v) is 18.8. The summed E-state index contributed by atoms with van der Waals surface area (Å²) in [6.45, 7) is 1.87. The zero-order valence-electron chi connectivity index (χ0n) is 16.7. The van der Waals surface area contributed by atoms with Gasteiger partial charge in [0.1, 0.15) is 12.2 Å². The molecular weight excluding hydrogens is 507 g/mol. The Labute approximate surface area is 192 Å². The van der Waals surface area contributed by atoms with Crippen LogP contribution in [0.5, 0.6) is 0 Å². The number of nitrogens with zero attached hydrogens (tertiary/aromatic N) is 4. The second-order valence-corrected chi connectivity index (χ2v) is 8.00. The molecular formula is C22H19IN6O2. The minimum Gasteiger partial charge on any atom is -0.446 e. The lowest BCUT2D eigenvalue weighted by Gasteiger charge is -2.39. The normalized spacial score (nSPS) is 18.2. The van der Waals surface area contributed by atoms with E-state index < -0.39 is 6.09 Å². The van der Waals surface area contributed by atoms with Crippen molar-refractivity contribution in [1.29, 1.82) is 5.26 Å². The fraction of sp³-hybridized carbons (Fsp3) is 0.273. The Balaban J connectivity index is 1.57. The van der Waals surface area contributed by atoms with Crippen LogP contribution in [0.2, 0.25) is 0 Å². The molecule has 0 saturated heterocycles. The van der Waals surface area contributed by atoms with Crippen LogP contribution in [-0.2, 0) is 4.74 Å². The summed E-state index contributed by atoms with van der Waals surface area (Å²) in [5.74, 6) is 3.36. The molecule has 3 aromatic heterocycles. The highest BCUT2D eigenvalue weighted by atomic mass is 127. The minimum absolute atomic E-state index is 0.200. The third kappa shape index (κ3) is 4.42. The summed E-state index contributed by atoms with van der Waals surface area (Å²) in [4.78, 5) is 15.5. The van der Waals surface area contributed by atoms with Crippen molar-refractivity contribution in [2.45, 2.75) is 31.9 Å². The summed E-state index contributed by atoms with van der Waals surface area (Å²) in [5.41, 5.74) is 9.73. The Morgan fingerprint density at radius 1 is 1.39 bits per heavy atom. The first-order chi connectivity index (χ1) is 15.0. The number of halogens is 1. The molecule has 0 bridgehead atoms. The lowest BCUT2D eigenvalue weighted by Crippen LogP contribution is -2.42. The quantitative estimate of drug-likeness (QED) is 0.387. The predicted octanol–water partition coefficient (Wildman–Crippen LogP) is 3.69. The van der Waals surface area contributed by atoms with Gasteiger partial charge >= 0.3 is 6.09 Å². The number of aromatic nitrogens is 3. The molecule has 0 aromatic carbocycles. The lowest BCUT2D eigenvalue weighted by molar-refractivity contribution is 0.0452. The molecule has 0 aliphatic heterocycles. The fourth-order valence-electron chi connectivity index (χ4n) is 3.78. The first kappa shape index (κ1) is 20.9. The molecule has 9 heteroatoms. The van der Waals surface area contributed by atoms with Crippen LogP contribution in [0.3, 0.4) is 0 Å². The highest BCUT2D eigenvalue weighted by Crippen LogP contribution is 2.35. The standard InChI is InChI=1S/C22H19IN6O2/c1-13(31-22(25)30)16-7-17(8-16)28-19-9-20(26-12-15(19)4-5-23)21-3-2-18-6-14(10-24)11-27-29(18)21/h2-3,6,9,11-13,16-17H,7-8H2,1H3,(H2,25,30)(H,26,28). The van der Waals surface area contributed by atoms with Crippen molar-refractivity contribution in [3.05, 3.63) is 47.8 Å². The fourth-order valence-corrected chi connectivity index (χ4v) is 4.07. The molecule has 156 valence electrons. The number of ether oxygens (including phenoxy) is 1. The van der Waals surface area contributed by atoms with E-state index in [-0.39, 0.29) is 18.1 Å². The minimum atomic E-state index is -0.739. The molecule has 31 heavy (non-hydrogen) atoms. The summed E-state index contributed by atoms with van der Waals surface area (Å²) in [6, 6.07) is 9.94. The van der Waals surface area contributed by atoms with Crippen LogP contribution in [0.1, 0.15) is 30.9 Å². The topological polar surface area (TPSA) is 118 Å². The monoisotopic (exact) mass is 526 g/mol. The predicted molar refractivity (Wildman–Crippen MR) is 124 cm³/mol. The van der Waals surface area contributed by atoms with Crippen molar-refractivity contribution in [2.75, 3.05) is 5.32 Å². The number of nitrogens with two attached hydrogens (primary N) is 1. The largest absolute Gasteiger partial charge is 0.446 e. The molecule has 1 aliphatic rings. The van der Waals surface area contributed by atoms with Gasteiger partial charge in [-0.05, 0) is 53.9 Å². The van der Waals surface area contributed by atoms with Crippen molar-refractivity contribution < 1.29 is 9.53 Å². The number of anilines is 1. The number of carbonyl (C=O) groups excluding carboxylic acids is 1. The molecule has 1 atom stereocenters. The maximum Gasteiger partial charge on any atom is 0.404 e. The number of primary amides is 1. The van der Waals surface area contributed by atoms with Crippen molar-refractivity contribution in [1.82, 2.24) is 14.6 Å². The summed E-state index contributed by atoms with van der Waals surface area (Å²) in [5, 5.41) is 17.0. The number of pyridine rings is 1. The molecule has 1 fully saturated rings. The average Bonchev–Trinajstić information content (AvgIpc) is 3.14. The number of amides is 1. The van der Waals surface area contributed by atoms with E-state index in [1.165, 1.54) is 6.20 Å². The second kappa shape index (κ2) is 8.82. The summed E-state index contributed by atoms with van der Waals surface area (Å²) < 4.78 is 9.75. The SMILES string of the molecule is CC(OC(N)=O)C1CC(Nc2cc(-c3ccc4cc(C#N)cnn34)ncc2C#CI)C1. The third-order valence-electron chi connectivity index (χ3n) is 5.48. The second-order valence-electron chi connectivity index (χ2n) is 7.46. The molecule has 1 amide bonds. The summed E-state index contributed by atoms with van der Waals surface area (Å²) in [6.07, 6.45) is 4.09. The van der Waals surface area contributed by atoms with Gasteiger partial charge in [0, 0.05) is 34.8 Å². The lowest BCUT2D eigenvalue weighted by atomic mass is 9.77. The summed E-state index contributed by atoms with van der Waals surface area (Å²) >= 11 is 2.01. The Hall–Kier alpha value is -3.31. The molecule has 1 unspecified atom stereocenters. The molecule has 1 aliphatic carbocycles. The van der Waals surface area contributed by atoms with E-state index in [4.69, 9.17) is 15.7 Å². The maximum atomic E-state index is 11.0. The summed E-state index contributed by atoms with van der Waals surface area (Å²) in [7, 11) is 0. The molecule has 3 heterocycles. The number of rotatable bonds is 5. The Morgan fingerprint density at radius 3 is 2.90 bits per heavy atom. The van der Waals surface area contributed by atoms with E-state index in [0.29, 0.717) is 5.56 Å². The van der Waals surface area contributed by atoms with Gasteiger partial charge in [0.15, 0.2) is 0 Å². The molecule has 3 N–H and O–H groups in total. The molecule has 0 radical (unpaired) electrons. The van der Waals surface area contributed by atoms with E-state index >= 15 is 0 Å². The number of fused-ring (bicyclic) bond motifs is 1. The van der Waals surface area contributed by atoms with Gasteiger partial charge in [0.25, 0.3) is 0 Å². The number of hydrogen-bond acceptors (Lipinski definition) is 6. The van der Waals surface area contributed by atoms with Crippen molar-refractivity contribution in [3.63, 3.8) is 0 Å². The number of nitrogens with one attached hydrogen (secondary N) is 1. The van der Waals surface area contributed by atoms with E-state index in [2.05, 4.69) is 31.3 Å². The Bertz CT molecular complexity index is 1250. The van der Waals surface area contributed by atoms with Crippen molar-refractivity contribution in [2.24, 2.45) is 11.7 Å². The van der Waals surface area contributed by atoms with Gasteiger partial charge in [-0.25, -0.2) is 9.31 Å². The Kier molecular flexibility index (Phi) is 5.96. The van der Waals surface area contributed by atoms with Crippen LogP contribution in [0.4, 0.5) is 10.5 Å². The van der Waals surface area contributed by atoms with Crippen LogP contribution < -0.4 is 11.1 Å². The Morgan fingerprint density at radius 2 is 2.19 bits per heavy atom. The van der Waals surface area contributed by atoms with Crippen LogP contribution in [0.15, 0.2) is 36.7 Å². The maximum absolute atomic E-state index is 11.0. The zero-order chi connectivity index (χ0) is 22.0. The van der Waals surface area contributed by atoms with Gasteiger partial charge in [0.2, 0.25) is 0 Å². The first-order valence-corrected chi connectivity index (χ1v) is 10.8. The average molecular weight is 526 g/mol. The molecule has 4 rings (SSSR count). The smallest absolute Gasteiger partial charge is 0.404 e. The van der Waals surface area contributed by atoms with Crippen LogP contribution in [0, 0.1) is 27.1 Å². The van der Waals surface area contributed by atoms with Crippen LogP contribution >= 0.6 is 22.6 Å². The van der Waals surface area contributed by atoms with Crippen molar-refractivity contribution in [3.8, 4) is 27.3 Å². The number of hydrogen-bond donors (Lipinski definition) is 2. The first-order valence-electron chi connectivity index (χ1n) is 9.71. The van der Waals surface area contributed by atoms with E-state index in [9.17, 15) is 4.79 Å². The molecule has 8 nitrogen and oxygen atoms in total. The van der Waals surface area contributed by atoms with Crippen LogP contribution in [-0.4, -0.2) is 32.8 Å². The van der Waals surface area contributed by atoms with Crippen molar-refractivity contribution >= 4 is 39.9 Å². The van der Waals surface area contributed by atoms with E-state index in [0.717, 1.165) is 41.0 Å². The number of carbonyl (C=O) groups is 1. The van der Waals surface area contributed by atoms with Gasteiger partial charge in [-0.2, -0.15) is 10.4 Å². The van der Waals surface area contributed by atoms with Gasteiger partial charge < -0.3 is 15.8 Å². The molecule has 3 aromatic rings. The van der Waals surface area contributed by atoms with E-state index in [1.807, 2.05) is 47.7 Å².